The minimum Gasteiger partial charge on any atom is -0.390 e. The van der Waals surface area contributed by atoms with Crippen molar-refractivity contribution < 1.29 is 9.90 Å². The van der Waals surface area contributed by atoms with Crippen LogP contribution in [-0.2, 0) is 11.2 Å². The molecule has 2 aromatic rings. The second-order valence-electron chi connectivity index (χ2n) is 9.92. The summed E-state index contributed by atoms with van der Waals surface area (Å²) in [5.74, 6) is 1.58. The Labute approximate surface area is 174 Å². The number of hydrogen-bond acceptors (Lipinski definition) is 4. The molecular weight excluding hydrogens is 386 g/mol. The Morgan fingerprint density at radius 1 is 1.14 bits per heavy atom. The third kappa shape index (κ3) is 2.73. The first-order valence-electron chi connectivity index (χ1n) is 10.6. The molecular formula is C23H27NO2S2. The van der Waals surface area contributed by atoms with Gasteiger partial charge in [-0.2, -0.15) is 0 Å². The summed E-state index contributed by atoms with van der Waals surface area (Å²) in [5.41, 5.74) is 0.890. The molecule has 0 aromatic carbocycles. The molecule has 1 aliphatic heterocycles. The van der Waals surface area contributed by atoms with Gasteiger partial charge in [0, 0.05) is 22.7 Å². The van der Waals surface area contributed by atoms with Crippen LogP contribution in [0.4, 0.5) is 0 Å². The zero-order valence-corrected chi connectivity index (χ0v) is 17.7. The highest BCUT2D eigenvalue weighted by molar-refractivity contribution is 7.10. The molecule has 3 heterocycles. The molecule has 1 amide bonds. The zero-order valence-electron chi connectivity index (χ0n) is 16.1. The van der Waals surface area contributed by atoms with Crippen molar-refractivity contribution in [2.45, 2.75) is 63.0 Å². The van der Waals surface area contributed by atoms with E-state index in [1.54, 1.807) is 11.3 Å². The maximum absolute atomic E-state index is 13.7. The monoisotopic (exact) mass is 413 g/mol. The third-order valence-electron chi connectivity index (χ3n) is 7.78. The number of carbonyl (C=O) groups excluding carboxylic acids is 1. The van der Waals surface area contributed by atoms with Crippen LogP contribution in [0.1, 0.15) is 66.3 Å². The van der Waals surface area contributed by atoms with Crippen molar-refractivity contribution in [1.29, 1.82) is 0 Å². The Bertz CT molecular complexity index is 888. The summed E-state index contributed by atoms with van der Waals surface area (Å²) in [6.07, 6.45) is 7.97. The zero-order chi connectivity index (χ0) is 18.9. The molecule has 3 nitrogen and oxygen atoms in total. The fourth-order valence-corrected chi connectivity index (χ4v) is 9.13. The van der Waals surface area contributed by atoms with Crippen molar-refractivity contribution in [3.63, 3.8) is 0 Å². The van der Waals surface area contributed by atoms with Gasteiger partial charge in [0.05, 0.1) is 11.6 Å². The number of nitrogens with zero attached hydrogens (tertiary/aromatic N) is 1. The van der Waals surface area contributed by atoms with Crippen LogP contribution in [0, 0.1) is 17.3 Å². The van der Waals surface area contributed by atoms with E-state index in [-0.39, 0.29) is 11.5 Å². The summed E-state index contributed by atoms with van der Waals surface area (Å²) in [4.78, 5) is 18.5. The van der Waals surface area contributed by atoms with Crippen molar-refractivity contribution in [2.24, 2.45) is 17.3 Å². The Morgan fingerprint density at radius 3 is 2.68 bits per heavy atom. The van der Waals surface area contributed by atoms with E-state index in [1.807, 2.05) is 11.3 Å². The minimum absolute atomic E-state index is 0.0465. The summed E-state index contributed by atoms with van der Waals surface area (Å²) < 4.78 is 0. The van der Waals surface area contributed by atoms with Crippen LogP contribution in [-0.4, -0.2) is 28.1 Å². The van der Waals surface area contributed by atoms with Crippen LogP contribution in [0.15, 0.2) is 29.0 Å². The molecule has 5 heteroatoms. The van der Waals surface area contributed by atoms with Gasteiger partial charge in [0.15, 0.2) is 0 Å². The second-order valence-corrected chi connectivity index (χ2v) is 11.9. The summed E-state index contributed by atoms with van der Waals surface area (Å²) in [6.45, 7) is 0.822. The Hall–Kier alpha value is -1.17. The summed E-state index contributed by atoms with van der Waals surface area (Å²) in [6, 6.07) is 6.57. The van der Waals surface area contributed by atoms with E-state index in [0.717, 1.165) is 45.1 Å². The fraction of sp³-hybridized carbons (Fsp3) is 0.609. The molecule has 5 aliphatic rings. The summed E-state index contributed by atoms with van der Waals surface area (Å²) in [7, 11) is 0. The number of hydrogen-bond donors (Lipinski definition) is 1. The fourth-order valence-electron chi connectivity index (χ4n) is 7.37. The first-order valence-corrected chi connectivity index (χ1v) is 12.4. The molecule has 0 saturated heterocycles. The maximum atomic E-state index is 13.7. The van der Waals surface area contributed by atoms with Crippen LogP contribution >= 0.6 is 22.7 Å². The van der Waals surface area contributed by atoms with E-state index in [0.29, 0.717) is 24.2 Å². The van der Waals surface area contributed by atoms with Gasteiger partial charge >= 0.3 is 0 Å². The second kappa shape index (κ2) is 6.16. The molecule has 4 fully saturated rings. The lowest BCUT2D eigenvalue weighted by Crippen LogP contribution is -2.57. The molecule has 4 bridgehead atoms. The number of aliphatic hydroxyl groups is 1. The van der Waals surface area contributed by atoms with Gasteiger partial charge in [-0.1, -0.05) is 6.07 Å². The lowest BCUT2D eigenvalue weighted by Gasteiger charge is -2.60. The average Bonchev–Trinajstić information content (AvgIpc) is 3.30. The number of carbonyl (C=O) groups is 1. The molecule has 28 heavy (non-hydrogen) atoms. The molecule has 5 atom stereocenters. The molecule has 7 rings (SSSR count). The normalized spacial score (nSPS) is 38.6. The van der Waals surface area contributed by atoms with Crippen molar-refractivity contribution in [3.8, 4) is 0 Å². The largest absolute Gasteiger partial charge is 0.390 e. The van der Waals surface area contributed by atoms with Gasteiger partial charge in [-0.3, -0.25) is 4.79 Å². The number of thiophene rings is 2. The summed E-state index contributed by atoms with van der Waals surface area (Å²) in [5, 5.41) is 15.4. The predicted octanol–water partition coefficient (Wildman–Crippen LogP) is 5.01. The molecule has 2 unspecified atom stereocenters. The highest BCUT2D eigenvalue weighted by Gasteiger charge is 2.57. The van der Waals surface area contributed by atoms with E-state index in [2.05, 4.69) is 33.9 Å². The maximum Gasteiger partial charge on any atom is 0.223 e. The van der Waals surface area contributed by atoms with E-state index >= 15 is 0 Å². The Balaban J connectivity index is 1.30. The van der Waals surface area contributed by atoms with E-state index in [9.17, 15) is 9.90 Å². The molecule has 0 radical (unpaired) electrons. The average molecular weight is 414 g/mol. The highest BCUT2D eigenvalue weighted by atomic mass is 32.1. The van der Waals surface area contributed by atoms with Crippen molar-refractivity contribution >= 4 is 28.6 Å². The molecule has 4 aliphatic carbocycles. The van der Waals surface area contributed by atoms with Crippen LogP contribution in [0.5, 0.6) is 0 Å². The number of rotatable bonds is 3. The minimum atomic E-state index is -0.486. The summed E-state index contributed by atoms with van der Waals surface area (Å²) >= 11 is 3.59. The molecule has 1 N–H and O–H groups in total. The number of fused-ring (bicyclic) bond motifs is 1. The van der Waals surface area contributed by atoms with Crippen molar-refractivity contribution in [2.75, 3.05) is 6.54 Å². The van der Waals surface area contributed by atoms with E-state index in [4.69, 9.17) is 0 Å². The Kier molecular flexibility index (Phi) is 3.89. The lowest BCUT2D eigenvalue weighted by atomic mass is 9.47. The van der Waals surface area contributed by atoms with Crippen LogP contribution < -0.4 is 0 Å². The van der Waals surface area contributed by atoms with Gasteiger partial charge in [-0.05, 0) is 90.7 Å². The number of amides is 1. The van der Waals surface area contributed by atoms with Gasteiger partial charge in [-0.15, -0.1) is 22.7 Å². The highest BCUT2D eigenvalue weighted by Crippen LogP contribution is 2.63. The van der Waals surface area contributed by atoms with Crippen LogP contribution in [0.2, 0.25) is 0 Å². The van der Waals surface area contributed by atoms with Crippen molar-refractivity contribution in [1.82, 2.24) is 4.90 Å². The Morgan fingerprint density at radius 2 is 1.96 bits per heavy atom. The standard InChI is InChI=1S/C23H27NO2S2/c25-20(13-22-9-15-8-16(10-22)12-23(26,11-15)14-22)24-5-3-18-17(4-7-28-18)21(24)19-2-1-6-27-19/h1-2,4,6-7,15-16,21,26H,3,5,8-14H2/t15-,16+,21-,22?,23?/m0/s1. The van der Waals surface area contributed by atoms with Gasteiger partial charge in [0.25, 0.3) is 0 Å². The van der Waals surface area contributed by atoms with E-state index in [1.165, 1.54) is 21.7 Å². The molecule has 2 aromatic heterocycles. The molecule has 0 spiro atoms. The lowest BCUT2D eigenvalue weighted by molar-refractivity contribution is -0.172. The van der Waals surface area contributed by atoms with Crippen molar-refractivity contribution in [3.05, 3.63) is 44.3 Å². The predicted molar refractivity (Wildman–Crippen MR) is 113 cm³/mol. The molecule has 148 valence electrons. The quantitative estimate of drug-likeness (QED) is 0.769. The van der Waals surface area contributed by atoms with Gasteiger partial charge < -0.3 is 10.0 Å². The molecule has 4 saturated carbocycles. The topological polar surface area (TPSA) is 40.5 Å². The van der Waals surface area contributed by atoms with Gasteiger partial charge in [-0.25, -0.2) is 0 Å². The van der Waals surface area contributed by atoms with Crippen LogP contribution in [0.25, 0.3) is 0 Å². The van der Waals surface area contributed by atoms with Gasteiger partial charge in [0.2, 0.25) is 5.91 Å². The van der Waals surface area contributed by atoms with Gasteiger partial charge in [0.1, 0.15) is 0 Å². The van der Waals surface area contributed by atoms with E-state index < -0.39 is 5.60 Å². The smallest absolute Gasteiger partial charge is 0.223 e. The SMILES string of the molecule is O=C(CC12C[C@@H]3C[C@@H](CC(O)(C3)C1)C2)N1CCc2sccc2[C@H]1c1cccs1. The third-order valence-corrected chi connectivity index (χ3v) is 9.70. The van der Waals surface area contributed by atoms with Crippen LogP contribution in [0.3, 0.4) is 0 Å². The first kappa shape index (κ1) is 17.7. The first-order chi connectivity index (χ1) is 13.5.